The number of unbranched alkanes of at least 4 members (excludes halogenated alkanes) is 2. The number of pyridine rings is 1. The van der Waals surface area contributed by atoms with Crippen LogP contribution in [0.2, 0.25) is 0 Å². The Bertz CT molecular complexity index is 385. The van der Waals surface area contributed by atoms with Crippen LogP contribution in [0.1, 0.15) is 36.5 Å². The summed E-state index contributed by atoms with van der Waals surface area (Å²) in [6.07, 6.45) is 7.22. The lowest BCUT2D eigenvalue weighted by Gasteiger charge is -2.09. The third kappa shape index (κ3) is 5.96. The second-order valence-corrected chi connectivity index (χ2v) is 5.22. The van der Waals surface area contributed by atoms with E-state index in [1.807, 2.05) is 18.7 Å². The number of hydrogen-bond donors (Lipinski definition) is 2. The van der Waals surface area contributed by atoms with Gasteiger partial charge in [0.25, 0.3) is 5.91 Å². The van der Waals surface area contributed by atoms with Crippen LogP contribution in [0.4, 0.5) is 5.82 Å². The van der Waals surface area contributed by atoms with E-state index in [2.05, 4.69) is 21.9 Å². The highest BCUT2D eigenvalue weighted by Gasteiger charge is 2.10. The zero-order valence-electron chi connectivity index (χ0n) is 11.7. The van der Waals surface area contributed by atoms with E-state index in [1.165, 1.54) is 12.2 Å². The molecule has 1 rings (SSSR count). The van der Waals surface area contributed by atoms with Crippen molar-refractivity contribution in [3.8, 4) is 0 Å². The molecule has 0 aromatic carbocycles. The van der Waals surface area contributed by atoms with Gasteiger partial charge in [0, 0.05) is 19.3 Å². The van der Waals surface area contributed by atoms with Gasteiger partial charge in [0.2, 0.25) is 0 Å². The van der Waals surface area contributed by atoms with Crippen LogP contribution >= 0.6 is 11.8 Å². The first-order valence-electron chi connectivity index (χ1n) is 6.75. The largest absolute Gasteiger partial charge is 0.370 e. The van der Waals surface area contributed by atoms with Crippen molar-refractivity contribution in [1.82, 2.24) is 10.3 Å². The normalized spacial score (nSPS) is 10.2. The summed E-state index contributed by atoms with van der Waals surface area (Å²) >= 11 is 1.87. The minimum Gasteiger partial charge on any atom is -0.370 e. The van der Waals surface area contributed by atoms with E-state index >= 15 is 0 Å². The lowest BCUT2D eigenvalue weighted by atomic mass is 10.2. The van der Waals surface area contributed by atoms with Crippen LogP contribution in [0.5, 0.6) is 0 Å². The summed E-state index contributed by atoms with van der Waals surface area (Å²) in [5, 5.41) is 6.05. The van der Waals surface area contributed by atoms with Crippen molar-refractivity contribution in [3.05, 3.63) is 23.9 Å². The van der Waals surface area contributed by atoms with E-state index < -0.39 is 0 Å². The Kier molecular flexibility index (Phi) is 8.05. The molecule has 2 N–H and O–H groups in total. The van der Waals surface area contributed by atoms with Crippen LogP contribution in [0.3, 0.4) is 0 Å². The number of amides is 1. The Morgan fingerprint density at radius 1 is 1.37 bits per heavy atom. The van der Waals surface area contributed by atoms with Gasteiger partial charge in [-0.25, -0.2) is 4.98 Å². The van der Waals surface area contributed by atoms with E-state index in [-0.39, 0.29) is 5.91 Å². The fraction of sp³-hybridized carbons (Fsp3) is 0.571. The minimum absolute atomic E-state index is 0.0473. The lowest BCUT2D eigenvalue weighted by Crippen LogP contribution is -2.25. The predicted molar refractivity (Wildman–Crippen MR) is 83.0 cm³/mol. The first-order chi connectivity index (χ1) is 9.29. The van der Waals surface area contributed by atoms with Crippen LogP contribution in [0.25, 0.3) is 0 Å². The highest BCUT2D eigenvalue weighted by atomic mass is 32.2. The minimum atomic E-state index is -0.0473. The molecule has 0 fully saturated rings. The van der Waals surface area contributed by atoms with E-state index in [9.17, 15) is 4.79 Å². The number of carbonyl (C=O) groups excluding carboxylic acids is 1. The van der Waals surface area contributed by atoms with Gasteiger partial charge in [0.05, 0.1) is 5.56 Å². The van der Waals surface area contributed by atoms with Crippen molar-refractivity contribution in [3.63, 3.8) is 0 Å². The molecule has 0 bridgehead atoms. The molecule has 1 heterocycles. The van der Waals surface area contributed by atoms with Crippen LogP contribution < -0.4 is 10.6 Å². The maximum Gasteiger partial charge on any atom is 0.255 e. The monoisotopic (exact) mass is 281 g/mol. The second-order valence-electron chi connectivity index (χ2n) is 4.24. The van der Waals surface area contributed by atoms with Crippen molar-refractivity contribution in [2.24, 2.45) is 0 Å². The molecular formula is C14H23N3OS. The Labute approximate surface area is 119 Å². The van der Waals surface area contributed by atoms with Crippen molar-refractivity contribution in [2.45, 2.75) is 26.2 Å². The molecule has 1 amide bonds. The summed E-state index contributed by atoms with van der Waals surface area (Å²) in [5.41, 5.74) is 0.619. The number of thioether (sulfide) groups is 1. The first-order valence-corrected chi connectivity index (χ1v) is 8.15. The second kappa shape index (κ2) is 9.67. The predicted octanol–water partition coefficient (Wildman–Crippen LogP) is 2.78. The molecular weight excluding hydrogens is 258 g/mol. The molecule has 0 aliphatic heterocycles. The Balaban J connectivity index is 2.36. The lowest BCUT2D eigenvalue weighted by molar-refractivity contribution is 0.0953. The topological polar surface area (TPSA) is 54.0 Å². The highest BCUT2D eigenvalue weighted by molar-refractivity contribution is 7.98. The zero-order valence-corrected chi connectivity index (χ0v) is 12.6. The fourth-order valence-corrected chi connectivity index (χ4v) is 2.23. The molecule has 5 heteroatoms. The molecule has 1 aromatic heterocycles. The molecule has 0 unspecified atom stereocenters. The van der Waals surface area contributed by atoms with Gasteiger partial charge in [-0.1, -0.05) is 6.42 Å². The summed E-state index contributed by atoms with van der Waals surface area (Å²) in [7, 11) is 0. The maximum absolute atomic E-state index is 12.0. The SMILES string of the molecule is CCNc1ncccc1C(=O)NCCCCCSC. The van der Waals surface area contributed by atoms with Gasteiger partial charge in [-0.15, -0.1) is 0 Å². The third-order valence-corrected chi connectivity index (χ3v) is 3.40. The van der Waals surface area contributed by atoms with Gasteiger partial charge in [-0.3, -0.25) is 4.79 Å². The molecule has 0 atom stereocenters. The Morgan fingerprint density at radius 2 is 2.21 bits per heavy atom. The van der Waals surface area contributed by atoms with Gasteiger partial charge in [-0.05, 0) is 43.9 Å². The van der Waals surface area contributed by atoms with Gasteiger partial charge in [0.1, 0.15) is 5.82 Å². The van der Waals surface area contributed by atoms with Gasteiger partial charge < -0.3 is 10.6 Å². The van der Waals surface area contributed by atoms with E-state index in [0.717, 1.165) is 25.9 Å². The summed E-state index contributed by atoms with van der Waals surface area (Å²) in [6.45, 7) is 3.47. The standard InChI is InChI=1S/C14H23N3OS/c1-3-15-13-12(8-7-10-16-13)14(18)17-9-5-4-6-11-19-2/h7-8,10H,3-6,9,11H2,1-2H3,(H,15,16)(H,17,18). The van der Waals surface area contributed by atoms with Crippen molar-refractivity contribution >= 4 is 23.5 Å². The molecule has 0 aliphatic rings. The summed E-state index contributed by atoms with van der Waals surface area (Å²) in [6, 6.07) is 3.59. The van der Waals surface area contributed by atoms with Crippen LogP contribution in [-0.4, -0.2) is 36.0 Å². The number of aromatic nitrogens is 1. The molecule has 4 nitrogen and oxygen atoms in total. The summed E-state index contributed by atoms with van der Waals surface area (Å²) in [5.74, 6) is 1.81. The number of anilines is 1. The van der Waals surface area contributed by atoms with E-state index in [1.54, 1.807) is 18.3 Å². The number of carbonyl (C=O) groups is 1. The molecule has 0 saturated carbocycles. The average Bonchev–Trinajstić information content (AvgIpc) is 2.43. The maximum atomic E-state index is 12.0. The zero-order chi connectivity index (χ0) is 13.9. The Morgan fingerprint density at radius 3 is 2.95 bits per heavy atom. The van der Waals surface area contributed by atoms with Gasteiger partial charge >= 0.3 is 0 Å². The number of hydrogen-bond acceptors (Lipinski definition) is 4. The van der Waals surface area contributed by atoms with Crippen molar-refractivity contribution in [1.29, 1.82) is 0 Å². The summed E-state index contributed by atoms with van der Waals surface area (Å²) < 4.78 is 0. The quantitative estimate of drug-likeness (QED) is 0.683. The van der Waals surface area contributed by atoms with Gasteiger partial charge in [-0.2, -0.15) is 11.8 Å². The highest BCUT2D eigenvalue weighted by Crippen LogP contribution is 2.10. The fourth-order valence-electron chi connectivity index (χ4n) is 1.74. The summed E-state index contributed by atoms with van der Waals surface area (Å²) in [4.78, 5) is 16.2. The number of nitrogens with one attached hydrogen (secondary N) is 2. The van der Waals surface area contributed by atoms with Crippen molar-refractivity contribution in [2.75, 3.05) is 30.4 Å². The van der Waals surface area contributed by atoms with Crippen molar-refractivity contribution < 1.29 is 4.79 Å². The first kappa shape index (κ1) is 15.8. The Hall–Kier alpha value is -1.23. The van der Waals surface area contributed by atoms with Crippen LogP contribution in [-0.2, 0) is 0 Å². The van der Waals surface area contributed by atoms with Crippen LogP contribution in [0.15, 0.2) is 18.3 Å². The van der Waals surface area contributed by atoms with E-state index in [0.29, 0.717) is 11.4 Å². The average molecular weight is 281 g/mol. The molecule has 19 heavy (non-hydrogen) atoms. The molecule has 0 aliphatic carbocycles. The molecule has 0 spiro atoms. The van der Waals surface area contributed by atoms with Crippen LogP contribution in [0, 0.1) is 0 Å². The molecule has 0 saturated heterocycles. The van der Waals surface area contributed by atoms with Gasteiger partial charge in [0.15, 0.2) is 0 Å². The molecule has 0 radical (unpaired) electrons. The van der Waals surface area contributed by atoms with E-state index in [4.69, 9.17) is 0 Å². The number of rotatable bonds is 9. The molecule has 106 valence electrons. The number of nitrogens with zero attached hydrogens (tertiary/aromatic N) is 1. The molecule has 1 aromatic rings. The third-order valence-electron chi connectivity index (χ3n) is 2.71. The smallest absolute Gasteiger partial charge is 0.255 e.